The Balaban J connectivity index is 1.65. The third-order valence-corrected chi connectivity index (χ3v) is 5.14. The Morgan fingerprint density at radius 2 is 1.90 bits per heavy atom. The van der Waals surface area contributed by atoms with Gasteiger partial charge in [0.15, 0.2) is 5.69 Å². The van der Waals surface area contributed by atoms with E-state index in [0.717, 1.165) is 19.6 Å². The standard InChI is InChI=1S/C22H24N4O4/c1-29-17-6-4-5-16(15-17)26-22(28)19-8-3-2-7-18(19)20(24-26)21(27)23-9-10-25-11-13-30-14-12-25/h2-8,15H,9-14H2,1H3,(H,23,27). The van der Waals surface area contributed by atoms with E-state index in [4.69, 9.17) is 9.47 Å². The quantitative estimate of drug-likeness (QED) is 0.665. The second-order valence-electron chi connectivity index (χ2n) is 7.02. The van der Waals surface area contributed by atoms with Gasteiger partial charge in [0.1, 0.15) is 5.75 Å². The third kappa shape index (κ3) is 4.19. The van der Waals surface area contributed by atoms with Crippen LogP contribution in [0.2, 0.25) is 0 Å². The van der Waals surface area contributed by atoms with Crippen molar-refractivity contribution in [1.82, 2.24) is 20.0 Å². The highest BCUT2D eigenvalue weighted by atomic mass is 16.5. The Labute approximate surface area is 174 Å². The highest BCUT2D eigenvalue weighted by molar-refractivity contribution is 6.04. The molecule has 4 rings (SSSR count). The van der Waals surface area contributed by atoms with Crippen LogP contribution in [0.4, 0.5) is 0 Å². The van der Waals surface area contributed by atoms with Gasteiger partial charge in [0, 0.05) is 37.6 Å². The van der Waals surface area contributed by atoms with Gasteiger partial charge in [-0.15, -0.1) is 0 Å². The predicted octanol–water partition coefficient (Wildman–Crippen LogP) is 1.46. The highest BCUT2D eigenvalue weighted by Crippen LogP contribution is 2.18. The molecule has 3 aromatic rings. The summed E-state index contributed by atoms with van der Waals surface area (Å²) in [5.74, 6) is 0.293. The molecule has 0 saturated carbocycles. The van der Waals surface area contributed by atoms with Gasteiger partial charge in [-0.1, -0.05) is 24.3 Å². The minimum atomic E-state index is -0.309. The van der Waals surface area contributed by atoms with Crippen LogP contribution in [0.3, 0.4) is 0 Å². The molecule has 0 radical (unpaired) electrons. The van der Waals surface area contributed by atoms with Crippen molar-refractivity contribution in [3.63, 3.8) is 0 Å². The lowest BCUT2D eigenvalue weighted by Crippen LogP contribution is -2.41. The fourth-order valence-electron chi connectivity index (χ4n) is 3.51. The molecule has 1 aliphatic rings. The summed E-state index contributed by atoms with van der Waals surface area (Å²) >= 11 is 0. The van der Waals surface area contributed by atoms with Crippen LogP contribution in [0.1, 0.15) is 10.5 Å². The smallest absolute Gasteiger partial charge is 0.279 e. The van der Waals surface area contributed by atoms with Gasteiger partial charge in [-0.2, -0.15) is 9.78 Å². The summed E-state index contributed by atoms with van der Waals surface area (Å²) in [7, 11) is 1.56. The molecular weight excluding hydrogens is 384 g/mol. The number of morpholine rings is 1. The number of amides is 1. The summed E-state index contributed by atoms with van der Waals surface area (Å²) in [6.45, 7) is 4.38. The summed E-state index contributed by atoms with van der Waals surface area (Å²) in [5.41, 5.74) is 0.464. The van der Waals surface area contributed by atoms with E-state index in [2.05, 4.69) is 15.3 Å². The van der Waals surface area contributed by atoms with Crippen LogP contribution in [-0.2, 0) is 4.74 Å². The average Bonchev–Trinajstić information content (AvgIpc) is 2.80. The van der Waals surface area contributed by atoms with Gasteiger partial charge in [-0.3, -0.25) is 14.5 Å². The van der Waals surface area contributed by atoms with Crippen molar-refractivity contribution in [3.8, 4) is 11.4 Å². The van der Waals surface area contributed by atoms with Gasteiger partial charge in [0.25, 0.3) is 11.5 Å². The summed E-state index contributed by atoms with van der Waals surface area (Å²) in [6.07, 6.45) is 0. The first-order valence-electron chi connectivity index (χ1n) is 9.92. The molecule has 156 valence electrons. The first kappa shape index (κ1) is 20.1. The molecule has 1 amide bonds. The zero-order valence-electron chi connectivity index (χ0n) is 16.8. The topological polar surface area (TPSA) is 85.7 Å². The van der Waals surface area contributed by atoms with Gasteiger partial charge in [-0.05, 0) is 18.2 Å². The lowest BCUT2D eigenvalue weighted by Gasteiger charge is -2.26. The molecule has 8 heteroatoms. The fourth-order valence-corrected chi connectivity index (χ4v) is 3.51. The van der Waals surface area contributed by atoms with Crippen LogP contribution in [0, 0.1) is 0 Å². The minimum Gasteiger partial charge on any atom is -0.497 e. The van der Waals surface area contributed by atoms with Gasteiger partial charge in [-0.25, -0.2) is 0 Å². The Hall–Kier alpha value is -3.23. The zero-order valence-corrected chi connectivity index (χ0v) is 16.8. The number of nitrogens with one attached hydrogen (secondary N) is 1. The van der Waals surface area contributed by atoms with E-state index in [1.54, 1.807) is 55.6 Å². The molecule has 2 aromatic carbocycles. The maximum atomic E-state index is 13.0. The molecular formula is C22H24N4O4. The number of benzene rings is 2. The van der Waals surface area contributed by atoms with Crippen LogP contribution < -0.4 is 15.6 Å². The van der Waals surface area contributed by atoms with Gasteiger partial charge >= 0.3 is 0 Å². The van der Waals surface area contributed by atoms with Crippen LogP contribution in [0.5, 0.6) is 5.75 Å². The molecule has 1 fully saturated rings. The number of hydrogen-bond acceptors (Lipinski definition) is 6. The second-order valence-corrected chi connectivity index (χ2v) is 7.02. The van der Waals surface area contributed by atoms with Crippen molar-refractivity contribution in [2.75, 3.05) is 46.5 Å². The second kappa shape index (κ2) is 9.06. The summed E-state index contributed by atoms with van der Waals surface area (Å²) < 4.78 is 11.9. The number of nitrogens with zero attached hydrogens (tertiary/aromatic N) is 3. The number of hydrogen-bond donors (Lipinski definition) is 1. The molecule has 1 saturated heterocycles. The maximum Gasteiger partial charge on any atom is 0.279 e. The van der Waals surface area contributed by atoms with Crippen molar-refractivity contribution >= 4 is 16.7 Å². The van der Waals surface area contributed by atoms with Crippen LogP contribution >= 0.6 is 0 Å². The van der Waals surface area contributed by atoms with Crippen LogP contribution in [-0.4, -0.2) is 67.1 Å². The molecule has 2 heterocycles. The fraction of sp³-hybridized carbons (Fsp3) is 0.318. The van der Waals surface area contributed by atoms with E-state index in [9.17, 15) is 9.59 Å². The normalized spacial score (nSPS) is 14.6. The molecule has 30 heavy (non-hydrogen) atoms. The zero-order chi connectivity index (χ0) is 20.9. The van der Waals surface area contributed by atoms with E-state index >= 15 is 0 Å². The van der Waals surface area contributed by atoms with Crippen LogP contribution in [0.25, 0.3) is 16.5 Å². The third-order valence-electron chi connectivity index (χ3n) is 5.14. The first-order chi connectivity index (χ1) is 14.7. The Morgan fingerprint density at radius 3 is 2.67 bits per heavy atom. The lowest BCUT2D eigenvalue weighted by atomic mass is 10.1. The molecule has 0 spiro atoms. The van der Waals surface area contributed by atoms with Crippen molar-refractivity contribution in [2.45, 2.75) is 0 Å². The average molecular weight is 408 g/mol. The van der Waals surface area contributed by atoms with Gasteiger partial charge in [0.2, 0.25) is 0 Å². The number of carbonyl (C=O) groups is 1. The molecule has 8 nitrogen and oxygen atoms in total. The predicted molar refractivity (Wildman–Crippen MR) is 113 cm³/mol. The number of aromatic nitrogens is 2. The van der Waals surface area contributed by atoms with E-state index in [-0.39, 0.29) is 17.2 Å². The number of carbonyl (C=O) groups excluding carboxylic acids is 1. The largest absolute Gasteiger partial charge is 0.497 e. The molecule has 1 aromatic heterocycles. The van der Waals surface area contributed by atoms with Gasteiger partial charge < -0.3 is 14.8 Å². The van der Waals surface area contributed by atoms with E-state index in [1.807, 2.05) is 0 Å². The molecule has 1 aliphatic heterocycles. The molecule has 0 atom stereocenters. The minimum absolute atomic E-state index is 0.218. The lowest BCUT2D eigenvalue weighted by molar-refractivity contribution is 0.0383. The summed E-state index contributed by atoms with van der Waals surface area (Å²) in [5, 5.41) is 8.32. The van der Waals surface area contributed by atoms with Gasteiger partial charge in [0.05, 0.1) is 31.4 Å². The Kier molecular flexibility index (Phi) is 6.06. The maximum absolute atomic E-state index is 13.0. The monoisotopic (exact) mass is 408 g/mol. The van der Waals surface area contributed by atoms with E-state index < -0.39 is 0 Å². The number of methoxy groups -OCH3 is 1. The molecule has 1 N–H and O–H groups in total. The highest BCUT2D eigenvalue weighted by Gasteiger charge is 2.18. The number of ether oxygens (including phenoxy) is 2. The number of fused-ring (bicyclic) bond motifs is 1. The van der Waals surface area contributed by atoms with E-state index in [0.29, 0.717) is 42.0 Å². The van der Waals surface area contributed by atoms with Crippen molar-refractivity contribution in [3.05, 3.63) is 64.6 Å². The summed E-state index contributed by atoms with van der Waals surface area (Å²) in [6, 6.07) is 14.1. The molecule has 0 aliphatic carbocycles. The van der Waals surface area contributed by atoms with Crippen molar-refractivity contribution in [2.24, 2.45) is 0 Å². The van der Waals surface area contributed by atoms with Crippen molar-refractivity contribution < 1.29 is 14.3 Å². The van der Waals surface area contributed by atoms with E-state index in [1.165, 1.54) is 4.68 Å². The first-order valence-corrected chi connectivity index (χ1v) is 9.92. The Bertz CT molecular complexity index is 1110. The van der Waals surface area contributed by atoms with Crippen molar-refractivity contribution in [1.29, 1.82) is 0 Å². The SMILES string of the molecule is COc1cccc(-n2nc(C(=O)NCCN3CCOCC3)c3ccccc3c2=O)c1. The Morgan fingerprint density at radius 1 is 1.13 bits per heavy atom. The molecule has 0 unspecified atom stereocenters. The molecule has 0 bridgehead atoms. The summed E-state index contributed by atoms with van der Waals surface area (Å²) in [4.78, 5) is 28.2. The number of rotatable bonds is 6. The van der Waals surface area contributed by atoms with Crippen LogP contribution in [0.15, 0.2) is 53.3 Å².